The summed E-state index contributed by atoms with van der Waals surface area (Å²) in [6.45, 7) is 2.67. The van der Waals surface area contributed by atoms with E-state index < -0.39 is 0 Å². The molecule has 2 aliphatic heterocycles. The number of fused-ring (bicyclic) bond motifs is 5. The molecule has 0 spiro atoms. The lowest BCUT2D eigenvalue weighted by Crippen LogP contribution is -2.31. The third kappa shape index (κ3) is 3.38. The minimum Gasteiger partial charge on any atom is -0.493 e. The van der Waals surface area contributed by atoms with Crippen molar-refractivity contribution >= 4 is 34.7 Å². The average Bonchev–Trinajstić information content (AvgIpc) is 3.03. The van der Waals surface area contributed by atoms with Crippen molar-refractivity contribution in [3.63, 3.8) is 0 Å². The zero-order valence-electron chi connectivity index (χ0n) is 15.9. The summed E-state index contributed by atoms with van der Waals surface area (Å²) in [6.07, 6.45) is 0. The minimum absolute atomic E-state index is 0.0289. The van der Waals surface area contributed by atoms with E-state index in [0.717, 1.165) is 38.2 Å². The molecule has 1 N–H and O–H groups in total. The van der Waals surface area contributed by atoms with E-state index in [2.05, 4.69) is 11.4 Å². The van der Waals surface area contributed by atoms with Crippen LogP contribution in [0.3, 0.4) is 0 Å². The van der Waals surface area contributed by atoms with E-state index in [9.17, 15) is 9.59 Å². The van der Waals surface area contributed by atoms with Gasteiger partial charge in [-0.25, -0.2) is 0 Å². The molecule has 0 fully saturated rings. The van der Waals surface area contributed by atoms with Gasteiger partial charge in [0, 0.05) is 33.7 Å². The molecule has 1 aromatic heterocycles. The smallest absolute Gasteiger partial charge is 0.308 e. The number of amides is 1. The van der Waals surface area contributed by atoms with Gasteiger partial charge in [0.05, 0.1) is 11.6 Å². The molecule has 2 aliphatic rings. The molecule has 0 saturated heterocycles. The van der Waals surface area contributed by atoms with Crippen LogP contribution < -0.4 is 14.9 Å². The average molecular weight is 425 g/mol. The standard InChI is InChI=1S/C22H20N2O3S2/c1-13-5-4-6-15(9-13)23-18(25)10-24-21-20(29-22(24)26)19-14(12-28-21)11-27-17-8-3-2-7-16(17)19/h2-9,14,19H,10-12H2,1H3,(H,23,25)/t14-,19-/m1/s1. The van der Waals surface area contributed by atoms with Crippen LogP contribution in [0.25, 0.3) is 0 Å². The Kier molecular flexibility index (Phi) is 4.72. The highest BCUT2D eigenvalue weighted by atomic mass is 32.2. The van der Waals surface area contributed by atoms with Crippen LogP contribution in [0.5, 0.6) is 5.75 Å². The number of hydrogen-bond acceptors (Lipinski definition) is 5. The third-order valence-corrected chi connectivity index (χ3v) is 7.87. The van der Waals surface area contributed by atoms with Gasteiger partial charge in [-0.2, -0.15) is 0 Å². The van der Waals surface area contributed by atoms with Gasteiger partial charge in [0.15, 0.2) is 0 Å². The van der Waals surface area contributed by atoms with E-state index in [4.69, 9.17) is 4.74 Å². The number of hydrogen-bond donors (Lipinski definition) is 1. The van der Waals surface area contributed by atoms with Crippen LogP contribution >= 0.6 is 23.1 Å². The first-order valence-electron chi connectivity index (χ1n) is 9.54. The van der Waals surface area contributed by atoms with Crippen LogP contribution in [0.1, 0.15) is 21.9 Å². The van der Waals surface area contributed by atoms with E-state index in [0.29, 0.717) is 12.5 Å². The Morgan fingerprint density at radius 1 is 1.24 bits per heavy atom. The quantitative estimate of drug-likeness (QED) is 0.688. The molecule has 5 rings (SSSR count). The molecular formula is C22H20N2O3S2. The number of ether oxygens (including phenoxy) is 1. The molecule has 0 bridgehead atoms. The van der Waals surface area contributed by atoms with Crippen molar-refractivity contribution in [3.05, 3.63) is 74.2 Å². The first-order chi connectivity index (χ1) is 14.1. The number of aryl methyl sites for hydroxylation is 1. The zero-order valence-corrected chi connectivity index (χ0v) is 17.5. The highest BCUT2D eigenvalue weighted by molar-refractivity contribution is 7.99. The summed E-state index contributed by atoms with van der Waals surface area (Å²) >= 11 is 2.93. The molecule has 0 radical (unpaired) electrons. The molecular weight excluding hydrogens is 404 g/mol. The lowest BCUT2D eigenvalue weighted by Gasteiger charge is -2.36. The summed E-state index contributed by atoms with van der Waals surface area (Å²) in [5.74, 6) is 2.09. The zero-order chi connectivity index (χ0) is 20.0. The molecule has 0 unspecified atom stereocenters. The number of anilines is 1. The third-order valence-electron chi connectivity index (χ3n) is 5.37. The predicted molar refractivity (Wildman–Crippen MR) is 116 cm³/mol. The van der Waals surface area contributed by atoms with Crippen LogP contribution in [-0.4, -0.2) is 22.8 Å². The maximum Gasteiger partial charge on any atom is 0.308 e. The van der Waals surface area contributed by atoms with Crippen molar-refractivity contribution < 1.29 is 9.53 Å². The molecule has 2 atom stereocenters. The van der Waals surface area contributed by atoms with Crippen LogP contribution in [-0.2, 0) is 11.3 Å². The van der Waals surface area contributed by atoms with Crippen LogP contribution in [0.15, 0.2) is 58.4 Å². The van der Waals surface area contributed by atoms with Crippen molar-refractivity contribution in [2.45, 2.75) is 24.4 Å². The second-order valence-electron chi connectivity index (χ2n) is 7.44. The number of nitrogens with one attached hydrogen (secondary N) is 1. The number of thioether (sulfide) groups is 1. The van der Waals surface area contributed by atoms with Crippen LogP contribution in [0, 0.1) is 12.8 Å². The van der Waals surface area contributed by atoms with Gasteiger partial charge in [0.2, 0.25) is 5.91 Å². The van der Waals surface area contributed by atoms with Crippen molar-refractivity contribution in [2.24, 2.45) is 5.92 Å². The summed E-state index contributed by atoms with van der Waals surface area (Å²) in [5, 5.41) is 3.83. The fourth-order valence-corrected chi connectivity index (χ4v) is 6.75. The summed E-state index contributed by atoms with van der Waals surface area (Å²) in [4.78, 5) is 26.4. The van der Waals surface area contributed by atoms with Gasteiger partial charge in [-0.15, -0.1) is 11.8 Å². The molecule has 5 nitrogen and oxygen atoms in total. The van der Waals surface area contributed by atoms with Gasteiger partial charge in [-0.3, -0.25) is 14.2 Å². The second kappa shape index (κ2) is 7.39. The molecule has 7 heteroatoms. The second-order valence-corrected chi connectivity index (χ2v) is 9.44. The highest BCUT2D eigenvalue weighted by Gasteiger charge is 2.39. The lowest BCUT2D eigenvalue weighted by atomic mass is 9.84. The Morgan fingerprint density at radius 3 is 2.97 bits per heavy atom. The van der Waals surface area contributed by atoms with Crippen LogP contribution in [0.2, 0.25) is 0 Å². The maximum atomic E-state index is 12.8. The largest absolute Gasteiger partial charge is 0.493 e. The van der Waals surface area contributed by atoms with E-state index >= 15 is 0 Å². The van der Waals surface area contributed by atoms with Crippen molar-refractivity contribution in [2.75, 3.05) is 17.7 Å². The monoisotopic (exact) mass is 424 g/mol. The van der Waals surface area contributed by atoms with Gasteiger partial charge in [0.25, 0.3) is 0 Å². The molecule has 29 heavy (non-hydrogen) atoms. The van der Waals surface area contributed by atoms with Crippen molar-refractivity contribution in [3.8, 4) is 5.75 Å². The number of rotatable bonds is 3. The molecule has 0 saturated carbocycles. The summed E-state index contributed by atoms with van der Waals surface area (Å²) in [7, 11) is 0. The SMILES string of the molecule is Cc1cccc(NC(=O)Cn2c3c(sc2=O)[C@H]2c4ccccc4OC[C@@H]2CS3)c1. The van der Waals surface area contributed by atoms with E-state index in [1.54, 1.807) is 16.3 Å². The minimum atomic E-state index is -0.187. The van der Waals surface area contributed by atoms with Gasteiger partial charge >= 0.3 is 4.87 Å². The Bertz CT molecular complexity index is 1150. The predicted octanol–water partition coefficient (Wildman–Crippen LogP) is 4.10. The van der Waals surface area contributed by atoms with Gasteiger partial charge in [-0.05, 0) is 30.7 Å². The fraction of sp³-hybridized carbons (Fsp3) is 0.273. The maximum absolute atomic E-state index is 12.8. The van der Waals surface area contributed by atoms with E-state index in [1.807, 2.05) is 49.4 Å². The Hall–Kier alpha value is -2.51. The number of carbonyl (C=O) groups is 1. The lowest BCUT2D eigenvalue weighted by molar-refractivity contribution is -0.116. The number of benzene rings is 2. The highest BCUT2D eigenvalue weighted by Crippen LogP contribution is 2.50. The topological polar surface area (TPSA) is 60.3 Å². The molecule has 1 amide bonds. The van der Waals surface area contributed by atoms with E-state index in [-0.39, 0.29) is 23.2 Å². The first-order valence-corrected chi connectivity index (χ1v) is 11.3. The molecule has 2 aromatic carbocycles. The van der Waals surface area contributed by atoms with Gasteiger partial charge < -0.3 is 10.1 Å². The number of nitrogens with zero attached hydrogens (tertiary/aromatic N) is 1. The number of aromatic nitrogens is 1. The summed E-state index contributed by atoms with van der Waals surface area (Å²) in [5.41, 5.74) is 2.97. The van der Waals surface area contributed by atoms with Gasteiger partial charge in [-0.1, -0.05) is 41.7 Å². The molecule has 3 heterocycles. The summed E-state index contributed by atoms with van der Waals surface area (Å²) < 4.78 is 7.56. The number of thiazole rings is 1. The number of carbonyl (C=O) groups excluding carboxylic acids is 1. The normalized spacial score (nSPS) is 19.5. The Labute approximate surface area is 176 Å². The number of para-hydroxylation sites is 1. The first kappa shape index (κ1) is 18.5. The Morgan fingerprint density at radius 2 is 2.10 bits per heavy atom. The van der Waals surface area contributed by atoms with Crippen molar-refractivity contribution in [1.82, 2.24) is 4.57 Å². The van der Waals surface area contributed by atoms with Gasteiger partial charge in [0.1, 0.15) is 12.3 Å². The fourth-order valence-electron chi connectivity index (χ4n) is 4.06. The van der Waals surface area contributed by atoms with E-state index in [1.165, 1.54) is 11.3 Å². The molecule has 3 aromatic rings. The van der Waals surface area contributed by atoms with Crippen LogP contribution in [0.4, 0.5) is 5.69 Å². The molecule has 148 valence electrons. The molecule has 0 aliphatic carbocycles. The Balaban J connectivity index is 1.45. The van der Waals surface area contributed by atoms with Crippen molar-refractivity contribution in [1.29, 1.82) is 0 Å². The summed E-state index contributed by atoms with van der Waals surface area (Å²) in [6, 6.07) is 15.7.